The van der Waals surface area contributed by atoms with Gasteiger partial charge in [0.1, 0.15) is 17.4 Å². The number of phenolic OH excluding ortho intramolecular Hbond substituents is 1. The SMILES string of the molecule is CCCC(NC(=O)OC(C)(C)C)C(=O)O.O=C(O)c1ccc(O)cc1C(=O)O. The Bertz CT molecular complexity index is 722. The molecule has 0 aromatic heterocycles. The Hall–Kier alpha value is -3.30. The highest BCUT2D eigenvalue weighted by atomic mass is 16.6. The number of benzene rings is 1. The number of carbonyl (C=O) groups excluding carboxylic acids is 1. The summed E-state index contributed by atoms with van der Waals surface area (Å²) in [5.41, 5.74) is -1.38. The quantitative estimate of drug-likeness (QED) is 0.482. The Labute approximate surface area is 161 Å². The lowest BCUT2D eigenvalue weighted by atomic mass is 10.1. The van der Waals surface area contributed by atoms with Crippen LogP contribution in [0.4, 0.5) is 4.79 Å². The zero-order chi connectivity index (χ0) is 22.1. The highest BCUT2D eigenvalue weighted by molar-refractivity contribution is 6.01. The van der Waals surface area contributed by atoms with Crippen molar-refractivity contribution < 1.29 is 44.3 Å². The van der Waals surface area contributed by atoms with Gasteiger partial charge in [0.2, 0.25) is 0 Å². The summed E-state index contributed by atoms with van der Waals surface area (Å²) in [6.45, 7) is 7.03. The molecule has 0 saturated heterocycles. The van der Waals surface area contributed by atoms with Gasteiger partial charge in [-0.1, -0.05) is 13.3 Å². The van der Waals surface area contributed by atoms with E-state index in [1.165, 1.54) is 0 Å². The van der Waals surface area contributed by atoms with E-state index >= 15 is 0 Å². The normalized spacial score (nSPS) is 11.4. The maximum Gasteiger partial charge on any atom is 0.408 e. The summed E-state index contributed by atoms with van der Waals surface area (Å²) < 4.78 is 4.95. The zero-order valence-electron chi connectivity index (χ0n) is 16.1. The molecule has 0 aliphatic heterocycles. The number of hydrogen-bond acceptors (Lipinski definition) is 6. The second kappa shape index (κ2) is 10.8. The molecule has 0 aliphatic rings. The molecule has 1 aromatic carbocycles. The molecule has 0 fully saturated rings. The van der Waals surface area contributed by atoms with E-state index in [1.54, 1.807) is 20.8 Å². The number of amides is 1. The van der Waals surface area contributed by atoms with Crippen molar-refractivity contribution in [2.45, 2.75) is 52.2 Å². The highest BCUT2D eigenvalue weighted by Crippen LogP contribution is 2.16. The van der Waals surface area contributed by atoms with E-state index in [-0.39, 0.29) is 11.3 Å². The first-order valence-electron chi connectivity index (χ1n) is 8.30. The van der Waals surface area contributed by atoms with E-state index in [0.29, 0.717) is 12.8 Å². The van der Waals surface area contributed by atoms with Crippen molar-refractivity contribution in [3.05, 3.63) is 29.3 Å². The minimum Gasteiger partial charge on any atom is -0.508 e. The molecule has 0 spiro atoms. The third-order valence-electron chi connectivity index (χ3n) is 3.03. The summed E-state index contributed by atoms with van der Waals surface area (Å²) in [5, 5.41) is 37.1. The lowest BCUT2D eigenvalue weighted by Gasteiger charge is -2.21. The molecule has 0 aliphatic carbocycles. The van der Waals surface area contributed by atoms with Gasteiger partial charge in [0.05, 0.1) is 11.1 Å². The van der Waals surface area contributed by atoms with Gasteiger partial charge >= 0.3 is 24.0 Å². The third kappa shape index (κ3) is 9.41. The van der Waals surface area contributed by atoms with Crippen molar-refractivity contribution in [1.29, 1.82) is 0 Å². The number of rotatable bonds is 6. The molecule has 10 heteroatoms. The first-order chi connectivity index (χ1) is 12.8. The molecule has 0 bridgehead atoms. The number of aromatic hydroxyl groups is 1. The van der Waals surface area contributed by atoms with Crippen LogP contribution >= 0.6 is 0 Å². The van der Waals surface area contributed by atoms with Crippen LogP contribution in [-0.4, -0.2) is 56.1 Å². The van der Waals surface area contributed by atoms with Crippen molar-refractivity contribution in [1.82, 2.24) is 5.32 Å². The maximum absolute atomic E-state index is 11.3. The van der Waals surface area contributed by atoms with Crippen molar-refractivity contribution in [3.8, 4) is 5.75 Å². The molecule has 0 radical (unpaired) electrons. The standard InChI is InChI=1S/C10H19NO4.C8H6O5/c1-5-6-7(8(12)13)11-9(14)15-10(2,3)4;9-4-1-2-5(7(10)11)6(3-4)8(12)13/h7H,5-6H2,1-4H3,(H,11,14)(H,12,13);1-3,9H,(H,10,11)(H,12,13). The molecule has 1 amide bonds. The van der Waals surface area contributed by atoms with E-state index in [2.05, 4.69) is 5.32 Å². The number of carbonyl (C=O) groups is 4. The second-order valence-corrected chi connectivity index (χ2v) is 6.67. The number of aromatic carboxylic acids is 2. The molecule has 28 heavy (non-hydrogen) atoms. The fraction of sp³-hybridized carbons (Fsp3) is 0.444. The van der Waals surface area contributed by atoms with Crippen LogP contribution in [0.15, 0.2) is 18.2 Å². The number of phenols is 1. The van der Waals surface area contributed by atoms with Gasteiger partial charge in [-0.25, -0.2) is 19.2 Å². The largest absolute Gasteiger partial charge is 0.508 e. The van der Waals surface area contributed by atoms with Crippen molar-refractivity contribution >= 4 is 24.0 Å². The van der Waals surface area contributed by atoms with Crippen LogP contribution in [0.3, 0.4) is 0 Å². The molecule has 10 nitrogen and oxygen atoms in total. The lowest BCUT2D eigenvalue weighted by Crippen LogP contribution is -2.43. The highest BCUT2D eigenvalue weighted by Gasteiger charge is 2.22. The van der Waals surface area contributed by atoms with Crippen LogP contribution in [0.2, 0.25) is 0 Å². The Balaban J connectivity index is 0.000000525. The predicted molar refractivity (Wildman–Crippen MR) is 97.7 cm³/mol. The van der Waals surface area contributed by atoms with Crippen molar-refractivity contribution in [2.24, 2.45) is 0 Å². The first kappa shape index (κ1) is 24.7. The second-order valence-electron chi connectivity index (χ2n) is 6.67. The fourth-order valence-electron chi connectivity index (χ4n) is 1.89. The van der Waals surface area contributed by atoms with Crippen LogP contribution in [0.1, 0.15) is 61.3 Å². The number of ether oxygens (including phenoxy) is 1. The monoisotopic (exact) mass is 399 g/mol. The molecular formula is C18H25NO9. The van der Waals surface area contributed by atoms with Gasteiger partial charge in [-0.2, -0.15) is 0 Å². The maximum atomic E-state index is 11.3. The Morgan fingerprint density at radius 1 is 1.04 bits per heavy atom. The molecule has 1 atom stereocenters. The van der Waals surface area contributed by atoms with Crippen molar-refractivity contribution in [3.63, 3.8) is 0 Å². The summed E-state index contributed by atoms with van der Waals surface area (Å²) in [6.07, 6.45) is 0.393. The van der Waals surface area contributed by atoms with Gasteiger partial charge in [0.25, 0.3) is 0 Å². The zero-order valence-corrected chi connectivity index (χ0v) is 16.1. The van der Waals surface area contributed by atoms with Gasteiger partial charge in [0, 0.05) is 0 Å². The van der Waals surface area contributed by atoms with Gasteiger partial charge < -0.3 is 30.5 Å². The predicted octanol–water partition coefficient (Wildman–Crippen LogP) is 2.55. The van der Waals surface area contributed by atoms with Crippen LogP contribution in [0, 0.1) is 0 Å². The summed E-state index contributed by atoms with van der Waals surface area (Å²) in [5.74, 6) is -4.03. The number of hydrogen-bond donors (Lipinski definition) is 5. The summed E-state index contributed by atoms with van der Waals surface area (Å²) in [4.78, 5) is 43.0. The van der Waals surface area contributed by atoms with Gasteiger partial charge in [-0.3, -0.25) is 0 Å². The Kier molecular flexibility index (Phi) is 9.49. The van der Waals surface area contributed by atoms with E-state index in [0.717, 1.165) is 18.2 Å². The Morgan fingerprint density at radius 2 is 1.57 bits per heavy atom. The van der Waals surface area contributed by atoms with Gasteiger partial charge in [-0.05, 0) is 45.4 Å². The smallest absolute Gasteiger partial charge is 0.408 e. The number of alkyl carbamates (subject to hydrolysis) is 1. The molecule has 1 unspecified atom stereocenters. The van der Waals surface area contributed by atoms with Crippen LogP contribution < -0.4 is 5.32 Å². The number of carboxylic acid groups (broad SMARTS) is 3. The molecule has 0 saturated carbocycles. The number of carboxylic acids is 3. The topological polar surface area (TPSA) is 170 Å². The average Bonchev–Trinajstić information content (AvgIpc) is 2.52. The van der Waals surface area contributed by atoms with E-state index in [9.17, 15) is 19.2 Å². The Morgan fingerprint density at radius 3 is 1.96 bits per heavy atom. The van der Waals surface area contributed by atoms with Crippen LogP contribution in [0.25, 0.3) is 0 Å². The van der Waals surface area contributed by atoms with E-state index < -0.39 is 41.2 Å². The van der Waals surface area contributed by atoms with E-state index in [4.69, 9.17) is 25.2 Å². The molecular weight excluding hydrogens is 374 g/mol. The van der Waals surface area contributed by atoms with Crippen molar-refractivity contribution in [2.75, 3.05) is 0 Å². The summed E-state index contributed by atoms with van der Waals surface area (Å²) in [6, 6.07) is 2.19. The summed E-state index contributed by atoms with van der Waals surface area (Å²) in [7, 11) is 0. The van der Waals surface area contributed by atoms with Gasteiger partial charge in [0.15, 0.2) is 0 Å². The fourth-order valence-corrected chi connectivity index (χ4v) is 1.89. The number of aliphatic carboxylic acids is 1. The molecule has 1 aromatic rings. The minimum absolute atomic E-state index is 0.276. The average molecular weight is 399 g/mol. The van der Waals surface area contributed by atoms with Crippen LogP contribution in [-0.2, 0) is 9.53 Å². The van der Waals surface area contributed by atoms with E-state index in [1.807, 2.05) is 6.92 Å². The number of nitrogens with one attached hydrogen (secondary N) is 1. The summed E-state index contributed by atoms with van der Waals surface area (Å²) >= 11 is 0. The first-order valence-corrected chi connectivity index (χ1v) is 8.30. The van der Waals surface area contributed by atoms with Crippen LogP contribution in [0.5, 0.6) is 5.75 Å². The third-order valence-corrected chi connectivity index (χ3v) is 3.03. The minimum atomic E-state index is -1.38. The molecule has 1 rings (SSSR count). The molecule has 156 valence electrons. The molecule has 0 heterocycles. The van der Waals surface area contributed by atoms with Gasteiger partial charge in [-0.15, -0.1) is 0 Å². The lowest BCUT2D eigenvalue weighted by molar-refractivity contribution is -0.139. The molecule has 5 N–H and O–H groups in total.